The molecule has 5 aromatic rings. The van der Waals surface area contributed by atoms with Crippen molar-refractivity contribution in [3.05, 3.63) is 90.8 Å². The summed E-state index contributed by atoms with van der Waals surface area (Å²) < 4.78 is 6.07. The number of nitrogens with two attached hydrogens (primary N) is 1. The van der Waals surface area contributed by atoms with Gasteiger partial charge in [-0.05, 0) is 47.3 Å². The second-order valence-corrected chi connectivity index (χ2v) is 6.80. The molecule has 0 amide bonds. The summed E-state index contributed by atoms with van der Waals surface area (Å²) in [5.74, 6) is 0.823. The van der Waals surface area contributed by atoms with Crippen LogP contribution in [0.25, 0.3) is 33.1 Å². The summed E-state index contributed by atoms with van der Waals surface area (Å²) in [6.45, 7) is 0.546. The Bertz CT molecular complexity index is 1240. The zero-order valence-corrected chi connectivity index (χ0v) is 15.2. The quantitative estimate of drug-likeness (QED) is 0.419. The molecule has 0 bridgehead atoms. The summed E-state index contributed by atoms with van der Waals surface area (Å²) in [6.07, 6.45) is 3.74. The Hall–Kier alpha value is -3.63. The average molecular weight is 365 g/mol. The minimum absolute atomic E-state index is 0.546. The molecule has 0 radical (unpaired) electrons. The molecule has 3 N–H and O–H groups in total. The van der Waals surface area contributed by atoms with Gasteiger partial charge in [-0.3, -0.25) is 4.98 Å². The molecule has 0 unspecified atom stereocenters. The summed E-state index contributed by atoms with van der Waals surface area (Å²) in [5, 5.41) is 6.71. The lowest BCUT2D eigenvalue weighted by Gasteiger charge is -2.10. The molecule has 0 atom stereocenters. The molecule has 0 aliphatic rings. The van der Waals surface area contributed by atoms with E-state index in [1.165, 1.54) is 0 Å². The van der Waals surface area contributed by atoms with Crippen molar-refractivity contribution in [3.63, 3.8) is 0 Å². The Balaban J connectivity index is 1.57. The highest BCUT2D eigenvalue weighted by atomic mass is 16.3. The van der Waals surface area contributed by atoms with Crippen molar-refractivity contribution in [2.45, 2.75) is 6.54 Å². The van der Waals surface area contributed by atoms with Crippen LogP contribution in [0.15, 0.2) is 89.6 Å². The van der Waals surface area contributed by atoms with Crippen molar-refractivity contribution in [1.29, 1.82) is 0 Å². The molecule has 0 spiro atoms. The SMILES string of the molecule is NCc1ccc(Nc2ccc3cncc(-c4cc5ccccc5o4)c3c2)cc1. The van der Waals surface area contributed by atoms with Crippen molar-refractivity contribution in [3.8, 4) is 11.3 Å². The highest BCUT2D eigenvalue weighted by molar-refractivity contribution is 5.98. The zero-order valence-electron chi connectivity index (χ0n) is 15.2. The van der Waals surface area contributed by atoms with Crippen LogP contribution in [-0.2, 0) is 6.54 Å². The van der Waals surface area contributed by atoms with Crippen LogP contribution < -0.4 is 11.1 Å². The third-order valence-electron chi connectivity index (χ3n) is 4.93. The average Bonchev–Trinajstić information content (AvgIpc) is 3.18. The Morgan fingerprint density at radius 1 is 0.821 bits per heavy atom. The van der Waals surface area contributed by atoms with Crippen LogP contribution in [0.4, 0.5) is 11.4 Å². The number of pyridine rings is 1. The molecule has 4 nitrogen and oxygen atoms in total. The summed E-state index contributed by atoms with van der Waals surface area (Å²) in [4.78, 5) is 4.40. The minimum atomic E-state index is 0.546. The maximum Gasteiger partial charge on any atom is 0.137 e. The number of nitrogens with zero attached hydrogens (tertiary/aromatic N) is 1. The van der Waals surface area contributed by atoms with E-state index in [-0.39, 0.29) is 0 Å². The van der Waals surface area contributed by atoms with Gasteiger partial charge in [0, 0.05) is 46.6 Å². The normalized spacial score (nSPS) is 11.2. The van der Waals surface area contributed by atoms with Gasteiger partial charge >= 0.3 is 0 Å². The van der Waals surface area contributed by atoms with Crippen molar-refractivity contribution in [2.24, 2.45) is 5.73 Å². The molecular weight excluding hydrogens is 346 g/mol. The predicted octanol–water partition coefficient (Wildman–Crippen LogP) is 5.85. The van der Waals surface area contributed by atoms with Gasteiger partial charge in [-0.25, -0.2) is 0 Å². The fourth-order valence-electron chi connectivity index (χ4n) is 3.44. The number of rotatable bonds is 4. The maximum absolute atomic E-state index is 6.07. The van der Waals surface area contributed by atoms with Crippen molar-refractivity contribution in [1.82, 2.24) is 4.98 Å². The first kappa shape index (κ1) is 16.5. The molecule has 2 heterocycles. The van der Waals surface area contributed by atoms with Gasteiger partial charge in [-0.1, -0.05) is 36.4 Å². The molecule has 0 fully saturated rings. The van der Waals surface area contributed by atoms with Crippen LogP contribution in [0.3, 0.4) is 0 Å². The van der Waals surface area contributed by atoms with E-state index in [9.17, 15) is 0 Å². The second kappa shape index (κ2) is 6.83. The maximum atomic E-state index is 6.07. The van der Waals surface area contributed by atoms with Gasteiger partial charge in [0.25, 0.3) is 0 Å². The lowest BCUT2D eigenvalue weighted by atomic mass is 10.0. The number of hydrogen-bond acceptors (Lipinski definition) is 4. The molecule has 0 aliphatic carbocycles. The first-order valence-electron chi connectivity index (χ1n) is 9.23. The number of nitrogens with one attached hydrogen (secondary N) is 1. The molecule has 0 aliphatic heterocycles. The van der Waals surface area contributed by atoms with Gasteiger partial charge < -0.3 is 15.5 Å². The molecule has 0 saturated heterocycles. The molecule has 136 valence electrons. The molecule has 5 rings (SSSR count). The summed E-state index contributed by atoms with van der Waals surface area (Å²) in [6, 6.07) is 24.5. The fraction of sp³-hybridized carbons (Fsp3) is 0.0417. The van der Waals surface area contributed by atoms with Crippen molar-refractivity contribution in [2.75, 3.05) is 5.32 Å². The summed E-state index contributed by atoms with van der Waals surface area (Å²) in [5.41, 5.74) is 10.7. The lowest BCUT2D eigenvalue weighted by molar-refractivity contribution is 0.632. The summed E-state index contributed by atoms with van der Waals surface area (Å²) >= 11 is 0. The van der Waals surface area contributed by atoms with E-state index in [4.69, 9.17) is 10.2 Å². The smallest absolute Gasteiger partial charge is 0.137 e. The number of para-hydroxylation sites is 1. The standard InChI is InChI=1S/C24H19N3O/c25-13-16-5-8-19(9-6-16)27-20-10-7-18-14-26-15-22(21(18)12-20)24-11-17-3-1-2-4-23(17)28-24/h1-12,14-15,27H,13,25H2. The van der Waals surface area contributed by atoms with Gasteiger partial charge in [0.2, 0.25) is 0 Å². The molecule has 4 heteroatoms. The molecule has 3 aromatic carbocycles. The number of furan rings is 1. The van der Waals surface area contributed by atoms with Crippen molar-refractivity contribution < 1.29 is 4.42 Å². The van der Waals surface area contributed by atoms with Crippen LogP contribution in [0, 0.1) is 0 Å². The van der Waals surface area contributed by atoms with E-state index in [2.05, 4.69) is 40.6 Å². The Labute approximate surface area is 162 Å². The highest BCUT2D eigenvalue weighted by Gasteiger charge is 2.11. The first-order valence-corrected chi connectivity index (χ1v) is 9.23. The molecule has 2 aromatic heterocycles. The molecule has 28 heavy (non-hydrogen) atoms. The van der Waals surface area contributed by atoms with E-state index in [0.29, 0.717) is 6.54 Å². The number of anilines is 2. The van der Waals surface area contributed by atoms with Crippen LogP contribution in [0.2, 0.25) is 0 Å². The lowest BCUT2D eigenvalue weighted by Crippen LogP contribution is -1.96. The topological polar surface area (TPSA) is 64.1 Å². The van der Waals surface area contributed by atoms with Crippen LogP contribution in [-0.4, -0.2) is 4.98 Å². The zero-order chi connectivity index (χ0) is 18.9. The van der Waals surface area contributed by atoms with Gasteiger partial charge in [-0.15, -0.1) is 0 Å². The van der Waals surface area contributed by atoms with E-state index >= 15 is 0 Å². The van der Waals surface area contributed by atoms with Crippen molar-refractivity contribution >= 4 is 33.1 Å². The third kappa shape index (κ3) is 3.00. The second-order valence-electron chi connectivity index (χ2n) is 6.80. The fourth-order valence-corrected chi connectivity index (χ4v) is 3.44. The van der Waals surface area contributed by atoms with Gasteiger partial charge in [0.05, 0.1) is 0 Å². The van der Waals surface area contributed by atoms with E-state index in [1.54, 1.807) is 0 Å². The third-order valence-corrected chi connectivity index (χ3v) is 4.93. The monoisotopic (exact) mass is 365 g/mol. The predicted molar refractivity (Wildman–Crippen MR) is 115 cm³/mol. The first-order chi connectivity index (χ1) is 13.8. The minimum Gasteiger partial charge on any atom is -0.456 e. The Morgan fingerprint density at radius 3 is 2.46 bits per heavy atom. The van der Waals surface area contributed by atoms with Crippen LogP contribution in [0.5, 0.6) is 0 Å². The summed E-state index contributed by atoms with van der Waals surface area (Å²) in [7, 11) is 0. The van der Waals surface area contributed by atoms with E-state index in [1.807, 2.05) is 54.9 Å². The van der Waals surface area contributed by atoms with Crippen LogP contribution >= 0.6 is 0 Å². The van der Waals surface area contributed by atoms with Gasteiger partial charge in [0.1, 0.15) is 11.3 Å². The largest absolute Gasteiger partial charge is 0.456 e. The van der Waals surface area contributed by atoms with Gasteiger partial charge in [0.15, 0.2) is 0 Å². The van der Waals surface area contributed by atoms with Gasteiger partial charge in [-0.2, -0.15) is 0 Å². The van der Waals surface area contributed by atoms with E-state index in [0.717, 1.165) is 50.0 Å². The molecular formula is C24H19N3O. The van der Waals surface area contributed by atoms with Crippen LogP contribution in [0.1, 0.15) is 5.56 Å². The highest BCUT2D eigenvalue weighted by Crippen LogP contribution is 2.34. The Kier molecular flexibility index (Phi) is 4.04. The number of hydrogen-bond donors (Lipinski definition) is 2. The Morgan fingerprint density at radius 2 is 1.64 bits per heavy atom. The number of benzene rings is 3. The van der Waals surface area contributed by atoms with E-state index < -0.39 is 0 Å². The number of aromatic nitrogens is 1. The molecule has 0 saturated carbocycles. The number of fused-ring (bicyclic) bond motifs is 2.